The minimum atomic E-state index is -1.08. The van der Waals surface area contributed by atoms with Gasteiger partial charge in [0.1, 0.15) is 6.29 Å². The molecule has 0 heterocycles. The number of aliphatic hydroxyl groups is 2. The fraction of sp³-hybridized carbons (Fsp3) is 0.571. The zero-order chi connectivity index (χ0) is 9.84. The maximum absolute atomic E-state index is 10.3. The third-order valence-electron chi connectivity index (χ3n) is 1.91. The summed E-state index contributed by atoms with van der Waals surface area (Å²) in [5.41, 5.74) is 8.45. The molecule has 1 aliphatic rings. The molecule has 70 valence electrons. The quantitative estimate of drug-likeness (QED) is 0.270. The number of hydrogen-bond acceptors (Lipinski definition) is 4. The van der Waals surface area contributed by atoms with Crippen LogP contribution in [0.3, 0.4) is 0 Å². The minimum absolute atomic E-state index is 0.115. The lowest BCUT2D eigenvalue weighted by molar-refractivity contribution is -0.105. The Morgan fingerprint density at radius 3 is 2.85 bits per heavy atom. The summed E-state index contributed by atoms with van der Waals surface area (Å²) in [5, 5.41) is 21.9. The van der Waals surface area contributed by atoms with Crippen molar-refractivity contribution >= 4 is 6.29 Å². The van der Waals surface area contributed by atoms with E-state index in [1.807, 2.05) is 0 Å². The van der Waals surface area contributed by atoms with Crippen LogP contribution in [0.2, 0.25) is 0 Å². The molecule has 0 aromatic carbocycles. The second-order valence-electron chi connectivity index (χ2n) is 2.82. The van der Waals surface area contributed by atoms with Gasteiger partial charge in [0, 0.05) is 11.3 Å². The first-order chi connectivity index (χ1) is 6.19. The van der Waals surface area contributed by atoms with E-state index in [-0.39, 0.29) is 6.42 Å². The molecule has 0 spiro atoms. The van der Waals surface area contributed by atoms with Crippen molar-refractivity contribution in [1.29, 1.82) is 0 Å². The topological polar surface area (TPSA) is 106 Å². The van der Waals surface area contributed by atoms with E-state index in [1.165, 1.54) is 6.08 Å². The molecule has 6 nitrogen and oxygen atoms in total. The maximum Gasteiger partial charge on any atom is 0.145 e. The fourth-order valence-electron chi connectivity index (χ4n) is 1.27. The average Bonchev–Trinajstić information content (AvgIpc) is 2.11. The lowest BCUT2D eigenvalue weighted by Gasteiger charge is -2.26. The van der Waals surface area contributed by atoms with Gasteiger partial charge in [0.25, 0.3) is 0 Å². The number of hydrogen-bond donors (Lipinski definition) is 2. The smallest absolute Gasteiger partial charge is 0.145 e. The highest BCUT2D eigenvalue weighted by molar-refractivity contribution is 5.73. The Bertz CT molecular complexity index is 283. The minimum Gasteiger partial charge on any atom is -0.392 e. The van der Waals surface area contributed by atoms with E-state index in [1.54, 1.807) is 0 Å². The van der Waals surface area contributed by atoms with Gasteiger partial charge in [-0.25, -0.2) is 0 Å². The lowest BCUT2D eigenvalue weighted by atomic mass is 9.91. The molecule has 0 fully saturated rings. The zero-order valence-corrected chi connectivity index (χ0v) is 6.74. The average molecular weight is 183 g/mol. The molecule has 1 aliphatic carbocycles. The molecule has 0 amide bonds. The zero-order valence-electron chi connectivity index (χ0n) is 6.74. The van der Waals surface area contributed by atoms with Crippen molar-refractivity contribution in [3.8, 4) is 0 Å². The molecule has 1 rings (SSSR count). The molecular weight excluding hydrogens is 174 g/mol. The molecular formula is C7H9N3O3. The molecule has 0 unspecified atom stereocenters. The van der Waals surface area contributed by atoms with Crippen LogP contribution in [-0.4, -0.2) is 34.7 Å². The molecule has 0 bridgehead atoms. The van der Waals surface area contributed by atoms with Crippen LogP contribution in [0.4, 0.5) is 0 Å². The number of carbonyl (C=O) groups is 1. The molecule has 0 aliphatic heterocycles. The number of aliphatic hydroxyl groups excluding tert-OH is 2. The van der Waals surface area contributed by atoms with E-state index in [0.717, 1.165) is 0 Å². The van der Waals surface area contributed by atoms with Crippen molar-refractivity contribution in [2.45, 2.75) is 24.7 Å². The van der Waals surface area contributed by atoms with Crippen molar-refractivity contribution in [1.82, 2.24) is 0 Å². The fourth-order valence-corrected chi connectivity index (χ4v) is 1.27. The summed E-state index contributed by atoms with van der Waals surface area (Å²) in [6.07, 6.45) is -0.0989. The van der Waals surface area contributed by atoms with E-state index in [4.69, 9.17) is 5.53 Å². The van der Waals surface area contributed by atoms with Crippen LogP contribution in [0.5, 0.6) is 0 Å². The molecule has 2 N–H and O–H groups in total. The predicted octanol–water partition coefficient (Wildman–Crippen LogP) is -0.0839. The van der Waals surface area contributed by atoms with Crippen LogP contribution < -0.4 is 0 Å². The van der Waals surface area contributed by atoms with Gasteiger partial charge in [-0.3, -0.25) is 4.79 Å². The van der Waals surface area contributed by atoms with Gasteiger partial charge < -0.3 is 10.2 Å². The van der Waals surface area contributed by atoms with Crippen LogP contribution in [0.1, 0.15) is 6.42 Å². The van der Waals surface area contributed by atoms with Gasteiger partial charge >= 0.3 is 0 Å². The van der Waals surface area contributed by atoms with Gasteiger partial charge in [-0.15, -0.1) is 0 Å². The number of carbonyl (C=O) groups excluding carboxylic acids is 1. The highest BCUT2D eigenvalue weighted by Crippen LogP contribution is 2.20. The highest BCUT2D eigenvalue weighted by atomic mass is 16.3. The summed E-state index contributed by atoms with van der Waals surface area (Å²) in [4.78, 5) is 12.8. The Morgan fingerprint density at radius 1 is 1.69 bits per heavy atom. The lowest BCUT2D eigenvalue weighted by Crippen LogP contribution is -2.38. The molecule has 0 saturated carbocycles. The first kappa shape index (κ1) is 9.73. The van der Waals surface area contributed by atoms with Crippen LogP contribution in [0.15, 0.2) is 16.8 Å². The van der Waals surface area contributed by atoms with Gasteiger partial charge in [0.2, 0.25) is 0 Å². The van der Waals surface area contributed by atoms with E-state index in [2.05, 4.69) is 10.0 Å². The van der Waals surface area contributed by atoms with E-state index in [0.29, 0.717) is 11.9 Å². The van der Waals surface area contributed by atoms with Crippen LogP contribution in [0.25, 0.3) is 10.4 Å². The van der Waals surface area contributed by atoms with Gasteiger partial charge in [-0.05, 0) is 17.2 Å². The van der Waals surface area contributed by atoms with Crippen LogP contribution in [0, 0.1) is 0 Å². The first-order valence-electron chi connectivity index (χ1n) is 3.75. The molecule has 3 atom stereocenters. The van der Waals surface area contributed by atoms with E-state index < -0.39 is 18.2 Å². The molecule has 13 heavy (non-hydrogen) atoms. The maximum atomic E-state index is 10.3. The summed E-state index contributed by atoms with van der Waals surface area (Å²) >= 11 is 0. The molecule has 0 aromatic heterocycles. The summed E-state index contributed by atoms with van der Waals surface area (Å²) < 4.78 is 0. The van der Waals surface area contributed by atoms with Crippen molar-refractivity contribution in [2.75, 3.05) is 0 Å². The van der Waals surface area contributed by atoms with Crippen molar-refractivity contribution < 1.29 is 15.0 Å². The second-order valence-corrected chi connectivity index (χ2v) is 2.82. The normalized spacial score (nSPS) is 33.1. The van der Waals surface area contributed by atoms with Crippen molar-refractivity contribution in [2.24, 2.45) is 5.11 Å². The summed E-state index contributed by atoms with van der Waals surface area (Å²) in [7, 11) is 0. The molecule has 0 saturated heterocycles. The summed E-state index contributed by atoms with van der Waals surface area (Å²) in [6.45, 7) is 0. The Hall–Kier alpha value is -1.36. The third kappa shape index (κ3) is 2.06. The number of nitrogens with zero attached hydrogens (tertiary/aromatic N) is 3. The first-order valence-corrected chi connectivity index (χ1v) is 3.75. The van der Waals surface area contributed by atoms with Crippen molar-refractivity contribution in [3.63, 3.8) is 0 Å². The number of rotatable bonds is 2. The SMILES string of the molecule is [N-]=[N+]=N[C@@H]1[C@H](O)CC(C=O)=C[C@@H]1O. The van der Waals surface area contributed by atoms with Crippen molar-refractivity contribution in [3.05, 3.63) is 22.1 Å². The highest BCUT2D eigenvalue weighted by Gasteiger charge is 2.29. The molecule has 0 aromatic rings. The number of azide groups is 1. The van der Waals surface area contributed by atoms with Crippen LogP contribution >= 0.6 is 0 Å². The number of aldehydes is 1. The summed E-state index contributed by atoms with van der Waals surface area (Å²) in [6, 6.07) is -0.895. The van der Waals surface area contributed by atoms with Gasteiger partial charge in [-0.1, -0.05) is 5.11 Å². The molecule has 6 heteroatoms. The standard InChI is InChI=1S/C7H9N3O3/c8-10-9-7-5(12)1-4(3-11)2-6(7)13/h1,3,5-7,12-13H,2H2/t5-,6+,7-/m0/s1. The van der Waals surface area contributed by atoms with Crippen LogP contribution in [-0.2, 0) is 4.79 Å². The Balaban J connectivity index is 2.86. The molecule has 0 radical (unpaired) electrons. The van der Waals surface area contributed by atoms with E-state index in [9.17, 15) is 15.0 Å². The third-order valence-corrected chi connectivity index (χ3v) is 1.91. The summed E-state index contributed by atoms with van der Waals surface area (Å²) in [5.74, 6) is 0. The van der Waals surface area contributed by atoms with Gasteiger partial charge in [0.15, 0.2) is 0 Å². The van der Waals surface area contributed by atoms with Gasteiger partial charge in [0.05, 0.1) is 18.2 Å². The Labute approximate surface area is 74.1 Å². The Kier molecular flexibility index (Phi) is 3.02. The largest absolute Gasteiger partial charge is 0.392 e. The Morgan fingerprint density at radius 2 is 2.38 bits per heavy atom. The van der Waals surface area contributed by atoms with E-state index >= 15 is 0 Å². The van der Waals surface area contributed by atoms with Gasteiger partial charge in [-0.2, -0.15) is 0 Å². The monoisotopic (exact) mass is 183 g/mol. The predicted molar refractivity (Wildman–Crippen MR) is 43.7 cm³/mol. The second kappa shape index (κ2) is 4.04.